The molecule has 0 bridgehead atoms. The van der Waals surface area contributed by atoms with Crippen LogP contribution in [0.15, 0.2) is 24.3 Å². The monoisotopic (exact) mass is 266 g/mol. The van der Waals surface area contributed by atoms with E-state index in [0.717, 1.165) is 17.5 Å². The number of Topliss-reactive ketones (excluding diaryl/α,β-unsaturated/α-hetero) is 1. The zero-order chi connectivity index (χ0) is 13.9. The number of hydrogen-bond donors (Lipinski definition) is 0. The van der Waals surface area contributed by atoms with Crippen LogP contribution in [0.5, 0.6) is 0 Å². The summed E-state index contributed by atoms with van der Waals surface area (Å²) >= 11 is 0. The number of benzene rings is 1. The SMILES string of the molecule is Cc1cccc(CC(=O)CC2CCCC(F)(F)C2)c1. The molecular weight excluding hydrogens is 246 g/mol. The van der Waals surface area contributed by atoms with E-state index in [1.165, 1.54) is 0 Å². The molecule has 0 spiro atoms. The molecule has 1 aliphatic carbocycles. The molecule has 1 aromatic carbocycles. The molecule has 0 amide bonds. The molecule has 1 unspecified atom stereocenters. The lowest BCUT2D eigenvalue weighted by atomic mass is 9.83. The Bertz CT molecular complexity index is 454. The van der Waals surface area contributed by atoms with Gasteiger partial charge in [0.05, 0.1) is 0 Å². The first-order valence-corrected chi connectivity index (χ1v) is 6.90. The minimum Gasteiger partial charge on any atom is -0.299 e. The Morgan fingerprint density at radius 3 is 2.89 bits per heavy atom. The van der Waals surface area contributed by atoms with E-state index in [9.17, 15) is 13.6 Å². The van der Waals surface area contributed by atoms with E-state index in [1.54, 1.807) is 0 Å². The van der Waals surface area contributed by atoms with E-state index in [4.69, 9.17) is 0 Å². The molecule has 0 aromatic heterocycles. The van der Waals surface area contributed by atoms with E-state index in [0.29, 0.717) is 19.3 Å². The maximum absolute atomic E-state index is 13.3. The minimum absolute atomic E-state index is 0.0183. The van der Waals surface area contributed by atoms with Crippen molar-refractivity contribution in [2.24, 2.45) is 5.92 Å². The van der Waals surface area contributed by atoms with Gasteiger partial charge in [-0.25, -0.2) is 8.78 Å². The predicted molar refractivity (Wildman–Crippen MR) is 71.4 cm³/mol. The van der Waals surface area contributed by atoms with Gasteiger partial charge in [0.2, 0.25) is 5.92 Å². The number of hydrogen-bond acceptors (Lipinski definition) is 1. The van der Waals surface area contributed by atoms with Gasteiger partial charge in [0.15, 0.2) is 0 Å². The van der Waals surface area contributed by atoms with E-state index >= 15 is 0 Å². The summed E-state index contributed by atoms with van der Waals surface area (Å²) in [5.74, 6) is -2.62. The van der Waals surface area contributed by atoms with E-state index in [-0.39, 0.29) is 24.5 Å². The Labute approximate surface area is 113 Å². The highest BCUT2D eigenvalue weighted by Crippen LogP contribution is 2.38. The molecule has 0 aliphatic heterocycles. The summed E-state index contributed by atoms with van der Waals surface area (Å²) < 4.78 is 26.5. The number of carbonyl (C=O) groups is 1. The highest BCUT2D eigenvalue weighted by Gasteiger charge is 2.36. The second-order valence-corrected chi connectivity index (χ2v) is 5.73. The molecule has 1 saturated carbocycles. The van der Waals surface area contributed by atoms with Crippen LogP contribution in [0.4, 0.5) is 8.78 Å². The third-order valence-electron chi connectivity index (χ3n) is 3.74. The Morgan fingerprint density at radius 2 is 2.21 bits per heavy atom. The number of carbonyl (C=O) groups excluding carboxylic acids is 1. The fourth-order valence-corrected chi connectivity index (χ4v) is 2.89. The summed E-state index contributed by atoms with van der Waals surface area (Å²) in [6.07, 6.45) is 1.82. The van der Waals surface area contributed by atoms with E-state index in [1.807, 2.05) is 31.2 Å². The summed E-state index contributed by atoms with van der Waals surface area (Å²) in [7, 11) is 0. The third-order valence-corrected chi connectivity index (χ3v) is 3.74. The maximum atomic E-state index is 13.3. The van der Waals surface area contributed by atoms with Gasteiger partial charge < -0.3 is 0 Å². The van der Waals surface area contributed by atoms with Gasteiger partial charge in [-0.1, -0.05) is 29.8 Å². The van der Waals surface area contributed by atoms with Crippen molar-refractivity contribution in [3.05, 3.63) is 35.4 Å². The molecule has 1 atom stereocenters. The number of rotatable bonds is 4. The lowest BCUT2D eigenvalue weighted by Gasteiger charge is -2.28. The Hall–Kier alpha value is -1.25. The van der Waals surface area contributed by atoms with Gasteiger partial charge >= 0.3 is 0 Å². The van der Waals surface area contributed by atoms with Gasteiger partial charge in [0, 0.05) is 25.7 Å². The summed E-state index contributed by atoms with van der Waals surface area (Å²) in [4.78, 5) is 12.0. The van der Waals surface area contributed by atoms with Crippen LogP contribution >= 0.6 is 0 Å². The molecule has 0 radical (unpaired) electrons. The van der Waals surface area contributed by atoms with Crippen LogP contribution in [0.1, 0.15) is 43.2 Å². The molecule has 1 fully saturated rings. The van der Waals surface area contributed by atoms with Crippen molar-refractivity contribution in [3.63, 3.8) is 0 Å². The lowest BCUT2D eigenvalue weighted by molar-refractivity contribution is -0.121. The lowest BCUT2D eigenvalue weighted by Crippen LogP contribution is -2.27. The van der Waals surface area contributed by atoms with Gasteiger partial charge in [0.25, 0.3) is 0 Å². The smallest absolute Gasteiger partial charge is 0.248 e. The average molecular weight is 266 g/mol. The second kappa shape index (κ2) is 5.81. The molecule has 3 heteroatoms. The van der Waals surface area contributed by atoms with Crippen LogP contribution < -0.4 is 0 Å². The van der Waals surface area contributed by atoms with Crippen molar-refractivity contribution in [3.8, 4) is 0 Å². The van der Waals surface area contributed by atoms with Crippen LogP contribution in [0.2, 0.25) is 0 Å². The van der Waals surface area contributed by atoms with E-state index in [2.05, 4.69) is 0 Å². The topological polar surface area (TPSA) is 17.1 Å². The molecule has 0 N–H and O–H groups in total. The van der Waals surface area contributed by atoms with Crippen molar-refractivity contribution >= 4 is 5.78 Å². The zero-order valence-electron chi connectivity index (χ0n) is 11.3. The molecule has 1 aliphatic rings. The molecule has 1 nitrogen and oxygen atoms in total. The summed E-state index contributed by atoms with van der Waals surface area (Å²) in [5.41, 5.74) is 2.10. The zero-order valence-corrected chi connectivity index (χ0v) is 11.3. The standard InChI is InChI=1S/C16H20F2O/c1-12-4-2-5-13(8-12)9-15(19)10-14-6-3-7-16(17,18)11-14/h2,4-5,8,14H,3,6-7,9-11H2,1H3. The normalized spacial score (nSPS) is 22.2. The Balaban J connectivity index is 1.87. The van der Waals surface area contributed by atoms with Crippen LogP contribution in [0, 0.1) is 12.8 Å². The average Bonchev–Trinajstić information content (AvgIpc) is 2.27. The summed E-state index contributed by atoms with van der Waals surface area (Å²) in [5, 5.41) is 0. The molecule has 19 heavy (non-hydrogen) atoms. The molecule has 1 aromatic rings. The van der Waals surface area contributed by atoms with Crippen molar-refractivity contribution < 1.29 is 13.6 Å². The number of alkyl halides is 2. The van der Waals surface area contributed by atoms with Gasteiger partial charge in [-0.05, 0) is 31.2 Å². The van der Waals surface area contributed by atoms with Gasteiger partial charge in [-0.15, -0.1) is 0 Å². The van der Waals surface area contributed by atoms with Crippen LogP contribution in [0.3, 0.4) is 0 Å². The van der Waals surface area contributed by atoms with Crippen LogP contribution in [-0.2, 0) is 11.2 Å². The Kier molecular flexibility index (Phi) is 4.33. The van der Waals surface area contributed by atoms with Crippen molar-refractivity contribution in [1.82, 2.24) is 0 Å². The fourth-order valence-electron chi connectivity index (χ4n) is 2.89. The molecule has 2 rings (SSSR count). The largest absolute Gasteiger partial charge is 0.299 e. The first-order chi connectivity index (χ1) is 8.94. The van der Waals surface area contributed by atoms with Gasteiger partial charge in [-0.3, -0.25) is 4.79 Å². The molecule has 104 valence electrons. The third kappa shape index (κ3) is 4.41. The van der Waals surface area contributed by atoms with Gasteiger partial charge in [-0.2, -0.15) is 0 Å². The first kappa shape index (κ1) is 14.2. The highest BCUT2D eigenvalue weighted by atomic mass is 19.3. The van der Waals surface area contributed by atoms with Crippen molar-refractivity contribution in [2.45, 2.75) is 51.4 Å². The van der Waals surface area contributed by atoms with Crippen molar-refractivity contribution in [1.29, 1.82) is 0 Å². The second-order valence-electron chi connectivity index (χ2n) is 5.73. The van der Waals surface area contributed by atoms with Gasteiger partial charge in [0.1, 0.15) is 5.78 Å². The number of ketones is 1. The molecule has 0 saturated heterocycles. The van der Waals surface area contributed by atoms with E-state index < -0.39 is 5.92 Å². The predicted octanol–water partition coefficient (Wildman–Crippen LogP) is 4.32. The first-order valence-electron chi connectivity index (χ1n) is 6.90. The van der Waals surface area contributed by atoms with Crippen molar-refractivity contribution in [2.75, 3.05) is 0 Å². The summed E-state index contributed by atoms with van der Waals surface area (Å²) in [6.45, 7) is 1.98. The minimum atomic E-state index is -2.56. The maximum Gasteiger partial charge on any atom is 0.248 e. The number of halogens is 2. The quantitative estimate of drug-likeness (QED) is 0.793. The molecular formula is C16H20F2O. The Morgan fingerprint density at radius 1 is 1.42 bits per heavy atom. The number of aryl methyl sites for hydroxylation is 1. The van der Waals surface area contributed by atoms with Crippen LogP contribution in [0.25, 0.3) is 0 Å². The highest BCUT2D eigenvalue weighted by molar-refractivity contribution is 5.81. The van der Waals surface area contributed by atoms with Crippen LogP contribution in [-0.4, -0.2) is 11.7 Å². The fraction of sp³-hybridized carbons (Fsp3) is 0.562. The summed E-state index contributed by atoms with van der Waals surface area (Å²) in [6, 6.07) is 7.80. The molecule has 0 heterocycles.